The number of aliphatic carboxylic acids is 1. The van der Waals surface area contributed by atoms with E-state index in [0.717, 1.165) is 26.0 Å². The van der Waals surface area contributed by atoms with E-state index in [9.17, 15) is 9.90 Å². The first-order chi connectivity index (χ1) is 7.43. The number of likely N-dealkylation sites (N-methyl/N-ethyl adjacent to an activating group) is 1. The highest BCUT2D eigenvalue weighted by Crippen LogP contribution is 2.32. The first kappa shape index (κ1) is 13.5. The molecule has 1 rings (SSSR count). The van der Waals surface area contributed by atoms with Gasteiger partial charge in [0, 0.05) is 12.6 Å². The highest BCUT2D eigenvalue weighted by Gasteiger charge is 2.43. The summed E-state index contributed by atoms with van der Waals surface area (Å²) in [5.74, 6) is -0.755. The molecule has 0 bridgehead atoms. The summed E-state index contributed by atoms with van der Waals surface area (Å²) in [5.41, 5.74) is -0.781. The van der Waals surface area contributed by atoms with E-state index >= 15 is 0 Å². The number of hydrogen-bond donors (Lipinski definition) is 1. The Hall–Kier alpha value is -0.610. The minimum atomic E-state index is -0.781. The van der Waals surface area contributed by atoms with Gasteiger partial charge in [0.2, 0.25) is 0 Å². The number of nitrogens with zero attached hydrogens (tertiary/aromatic N) is 1. The highest BCUT2D eigenvalue weighted by atomic mass is 16.5. The SMILES string of the molecule is CCOC1CC(N(CC)C(C)(C)C(=O)O)C1. The van der Waals surface area contributed by atoms with Crippen LogP contribution >= 0.6 is 0 Å². The molecule has 0 aliphatic heterocycles. The molecule has 4 heteroatoms. The third kappa shape index (κ3) is 2.55. The fourth-order valence-electron chi connectivity index (χ4n) is 2.40. The van der Waals surface area contributed by atoms with Crippen LogP contribution in [0.15, 0.2) is 0 Å². The summed E-state index contributed by atoms with van der Waals surface area (Å²) in [7, 11) is 0. The summed E-state index contributed by atoms with van der Waals surface area (Å²) in [5, 5.41) is 9.21. The highest BCUT2D eigenvalue weighted by molar-refractivity contribution is 5.77. The predicted molar refractivity (Wildman–Crippen MR) is 62.5 cm³/mol. The van der Waals surface area contributed by atoms with Crippen molar-refractivity contribution in [1.82, 2.24) is 4.90 Å². The molecule has 0 aromatic carbocycles. The van der Waals surface area contributed by atoms with Crippen LogP contribution < -0.4 is 0 Å². The summed E-state index contributed by atoms with van der Waals surface area (Å²) >= 11 is 0. The molecule has 0 aromatic rings. The molecule has 0 amide bonds. The van der Waals surface area contributed by atoms with Crippen LogP contribution in [0, 0.1) is 0 Å². The maximum absolute atomic E-state index is 11.2. The lowest BCUT2D eigenvalue weighted by Crippen LogP contribution is -2.59. The van der Waals surface area contributed by atoms with Gasteiger partial charge in [-0.15, -0.1) is 0 Å². The number of carboxylic acid groups (broad SMARTS) is 1. The Morgan fingerprint density at radius 3 is 2.38 bits per heavy atom. The van der Waals surface area contributed by atoms with Gasteiger partial charge < -0.3 is 9.84 Å². The molecule has 1 aliphatic carbocycles. The van der Waals surface area contributed by atoms with E-state index in [0.29, 0.717) is 12.1 Å². The van der Waals surface area contributed by atoms with Crippen LogP contribution in [-0.4, -0.2) is 46.8 Å². The molecule has 0 unspecified atom stereocenters. The van der Waals surface area contributed by atoms with E-state index in [1.165, 1.54) is 0 Å². The molecule has 0 heterocycles. The topological polar surface area (TPSA) is 49.8 Å². The van der Waals surface area contributed by atoms with E-state index in [1.807, 2.05) is 13.8 Å². The first-order valence-electron chi connectivity index (χ1n) is 6.05. The first-order valence-corrected chi connectivity index (χ1v) is 6.05. The van der Waals surface area contributed by atoms with Gasteiger partial charge in [-0.25, -0.2) is 0 Å². The molecule has 1 fully saturated rings. The van der Waals surface area contributed by atoms with Gasteiger partial charge in [-0.3, -0.25) is 9.69 Å². The van der Waals surface area contributed by atoms with Gasteiger partial charge in [0.1, 0.15) is 5.54 Å². The van der Waals surface area contributed by atoms with Gasteiger partial charge in [-0.1, -0.05) is 6.92 Å². The van der Waals surface area contributed by atoms with Crippen LogP contribution in [0.1, 0.15) is 40.5 Å². The Morgan fingerprint density at radius 2 is 2.00 bits per heavy atom. The molecule has 1 N–H and O–H groups in total. The number of hydrogen-bond acceptors (Lipinski definition) is 3. The van der Waals surface area contributed by atoms with Gasteiger partial charge in [0.25, 0.3) is 0 Å². The summed E-state index contributed by atoms with van der Waals surface area (Å²) in [6, 6.07) is 0.354. The Balaban J connectivity index is 2.54. The Labute approximate surface area is 97.6 Å². The van der Waals surface area contributed by atoms with E-state index in [1.54, 1.807) is 13.8 Å². The molecule has 94 valence electrons. The second-order valence-corrected chi connectivity index (χ2v) is 4.85. The summed E-state index contributed by atoms with van der Waals surface area (Å²) in [6.45, 7) is 9.05. The number of rotatable bonds is 6. The normalized spacial score (nSPS) is 25.6. The molecule has 0 atom stereocenters. The molecular weight excluding hydrogens is 206 g/mol. The molecule has 0 saturated heterocycles. The lowest BCUT2D eigenvalue weighted by Gasteiger charge is -2.47. The van der Waals surface area contributed by atoms with Crippen molar-refractivity contribution < 1.29 is 14.6 Å². The van der Waals surface area contributed by atoms with Crippen LogP contribution in [0.25, 0.3) is 0 Å². The second-order valence-electron chi connectivity index (χ2n) is 4.85. The van der Waals surface area contributed by atoms with Crippen molar-refractivity contribution in [3.63, 3.8) is 0 Å². The van der Waals surface area contributed by atoms with Gasteiger partial charge >= 0.3 is 5.97 Å². The molecule has 4 nitrogen and oxygen atoms in total. The standard InChI is InChI=1S/C12H23NO3/c1-5-13(12(3,4)11(14)15)9-7-10(8-9)16-6-2/h9-10H,5-8H2,1-4H3,(H,14,15). The maximum atomic E-state index is 11.2. The summed E-state index contributed by atoms with van der Waals surface area (Å²) in [4.78, 5) is 13.3. The average Bonchev–Trinajstić information content (AvgIpc) is 2.14. The van der Waals surface area contributed by atoms with Gasteiger partial charge in [-0.05, 0) is 40.2 Å². The molecule has 1 aliphatic rings. The smallest absolute Gasteiger partial charge is 0.323 e. The van der Waals surface area contributed by atoms with Crippen LogP contribution in [0.3, 0.4) is 0 Å². The third-order valence-corrected chi connectivity index (χ3v) is 3.50. The van der Waals surface area contributed by atoms with Gasteiger partial charge in [0.05, 0.1) is 6.10 Å². The quantitative estimate of drug-likeness (QED) is 0.753. The Morgan fingerprint density at radius 1 is 1.44 bits per heavy atom. The monoisotopic (exact) mass is 229 g/mol. The fourth-order valence-corrected chi connectivity index (χ4v) is 2.40. The van der Waals surface area contributed by atoms with Crippen LogP contribution in [0.5, 0.6) is 0 Å². The summed E-state index contributed by atoms with van der Waals surface area (Å²) < 4.78 is 5.50. The Bertz CT molecular complexity index is 247. The van der Waals surface area contributed by atoms with Gasteiger partial charge in [0.15, 0.2) is 0 Å². The molecule has 0 spiro atoms. The average molecular weight is 229 g/mol. The number of carboxylic acids is 1. The zero-order chi connectivity index (χ0) is 12.3. The van der Waals surface area contributed by atoms with Crippen molar-refractivity contribution in [1.29, 1.82) is 0 Å². The van der Waals surface area contributed by atoms with E-state index < -0.39 is 11.5 Å². The van der Waals surface area contributed by atoms with Crippen LogP contribution in [-0.2, 0) is 9.53 Å². The van der Waals surface area contributed by atoms with Crippen molar-refractivity contribution in [2.75, 3.05) is 13.2 Å². The number of ether oxygens (including phenoxy) is 1. The predicted octanol–water partition coefficient (Wildman–Crippen LogP) is 1.74. The van der Waals surface area contributed by atoms with Crippen LogP contribution in [0.4, 0.5) is 0 Å². The zero-order valence-corrected chi connectivity index (χ0v) is 10.7. The molecule has 1 saturated carbocycles. The minimum Gasteiger partial charge on any atom is -0.480 e. The van der Waals surface area contributed by atoms with E-state index in [4.69, 9.17) is 4.74 Å². The zero-order valence-electron chi connectivity index (χ0n) is 10.7. The lowest BCUT2D eigenvalue weighted by molar-refractivity contribution is -0.155. The van der Waals surface area contributed by atoms with E-state index in [-0.39, 0.29) is 0 Å². The van der Waals surface area contributed by atoms with Crippen molar-refractivity contribution >= 4 is 5.97 Å². The van der Waals surface area contributed by atoms with Crippen molar-refractivity contribution in [3.05, 3.63) is 0 Å². The van der Waals surface area contributed by atoms with E-state index in [2.05, 4.69) is 4.90 Å². The second kappa shape index (κ2) is 5.15. The van der Waals surface area contributed by atoms with Crippen molar-refractivity contribution in [2.45, 2.75) is 58.2 Å². The molecule has 16 heavy (non-hydrogen) atoms. The lowest BCUT2D eigenvalue weighted by atomic mass is 9.84. The molecule has 0 aromatic heterocycles. The fraction of sp³-hybridized carbons (Fsp3) is 0.917. The summed E-state index contributed by atoms with van der Waals surface area (Å²) in [6.07, 6.45) is 2.24. The maximum Gasteiger partial charge on any atom is 0.323 e. The van der Waals surface area contributed by atoms with Crippen LogP contribution in [0.2, 0.25) is 0 Å². The van der Waals surface area contributed by atoms with Crippen molar-refractivity contribution in [3.8, 4) is 0 Å². The number of carbonyl (C=O) groups is 1. The van der Waals surface area contributed by atoms with Gasteiger partial charge in [-0.2, -0.15) is 0 Å². The largest absolute Gasteiger partial charge is 0.480 e. The van der Waals surface area contributed by atoms with Crippen molar-refractivity contribution in [2.24, 2.45) is 0 Å². The minimum absolute atomic E-state index is 0.327. The molecular formula is C12H23NO3. The Kier molecular flexibility index (Phi) is 4.33. The molecule has 0 radical (unpaired) electrons. The third-order valence-electron chi connectivity index (χ3n) is 3.50.